The molecule has 114 valence electrons. The molecule has 0 atom stereocenters. The average Bonchev–Trinajstić information content (AvgIpc) is 2.47. The summed E-state index contributed by atoms with van der Waals surface area (Å²) in [6.45, 7) is 2.03. The Morgan fingerprint density at radius 2 is 1.90 bits per heavy atom. The SMILES string of the molecule is Nc1cc(Br)cc(C(=O)NCCC(=O)N2CCCCC2)c1. The second kappa shape index (κ2) is 7.45. The number of benzene rings is 1. The third-order valence-corrected chi connectivity index (χ3v) is 3.97. The molecule has 1 heterocycles. The molecule has 1 fully saturated rings. The molecule has 0 bridgehead atoms. The summed E-state index contributed by atoms with van der Waals surface area (Å²) in [4.78, 5) is 25.8. The van der Waals surface area contributed by atoms with E-state index in [9.17, 15) is 9.59 Å². The summed E-state index contributed by atoms with van der Waals surface area (Å²) in [5.74, 6) is -0.0989. The number of carbonyl (C=O) groups is 2. The largest absolute Gasteiger partial charge is 0.399 e. The molecule has 0 aliphatic carbocycles. The van der Waals surface area contributed by atoms with Gasteiger partial charge in [-0.25, -0.2) is 0 Å². The molecule has 1 aliphatic rings. The lowest BCUT2D eigenvalue weighted by Gasteiger charge is -2.26. The molecule has 1 aromatic rings. The third-order valence-electron chi connectivity index (χ3n) is 3.52. The van der Waals surface area contributed by atoms with Crippen molar-refractivity contribution < 1.29 is 9.59 Å². The Bertz CT molecular complexity index is 507. The molecule has 1 aromatic carbocycles. The fourth-order valence-electron chi connectivity index (χ4n) is 2.43. The van der Waals surface area contributed by atoms with Crippen molar-refractivity contribution in [2.24, 2.45) is 0 Å². The van der Waals surface area contributed by atoms with Gasteiger partial charge in [0.05, 0.1) is 0 Å². The van der Waals surface area contributed by atoms with Crippen LogP contribution in [0.5, 0.6) is 0 Å². The van der Waals surface area contributed by atoms with Crippen LogP contribution < -0.4 is 11.1 Å². The van der Waals surface area contributed by atoms with Crippen LogP contribution in [0.3, 0.4) is 0 Å². The summed E-state index contributed by atoms with van der Waals surface area (Å²) in [6, 6.07) is 5.06. The fraction of sp³-hybridized carbons (Fsp3) is 0.467. The molecule has 21 heavy (non-hydrogen) atoms. The van der Waals surface area contributed by atoms with Crippen molar-refractivity contribution in [3.63, 3.8) is 0 Å². The molecule has 0 spiro atoms. The first kappa shape index (κ1) is 15.8. The van der Waals surface area contributed by atoms with Gasteiger partial charge in [0.15, 0.2) is 0 Å². The van der Waals surface area contributed by atoms with Crippen LogP contribution in [-0.2, 0) is 4.79 Å². The average molecular weight is 354 g/mol. The number of anilines is 1. The number of hydrogen-bond acceptors (Lipinski definition) is 3. The van der Waals surface area contributed by atoms with Crippen molar-refractivity contribution in [3.05, 3.63) is 28.2 Å². The van der Waals surface area contributed by atoms with Gasteiger partial charge < -0.3 is 16.0 Å². The number of carbonyl (C=O) groups excluding carboxylic acids is 2. The van der Waals surface area contributed by atoms with Gasteiger partial charge in [-0.3, -0.25) is 9.59 Å². The summed E-state index contributed by atoms with van der Waals surface area (Å²) < 4.78 is 0.761. The number of rotatable bonds is 4. The predicted molar refractivity (Wildman–Crippen MR) is 85.9 cm³/mol. The molecule has 0 aromatic heterocycles. The van der Waals surface area contributed by atoms with E-state index >= 15 is 0 Å². The van der Waals surface area contributed by atoms with Gasteiger partial charge in [0.2, 0.25) is 5.91 Å². The van der Waals surface area contributed by atoms with Crippen molar-refractivity contribution >= 4 is 33.4 Å². The summed E-state index contributed by atoms with van der Waals surface area (Å²) in [5.41, 5.74) is 6.72. The monoisotopic (exact) mass is 353 g/mol. The Hall–Kier alpha value is -1.56. The zero-order valence-electron chi connectivity index (χ0n) is 11.9. The number of amides is 2. The molecular weight excluding hydrogens is 334 g/mol. The van der Waals surface area contributed by atoms with Crippen molar-refractivity contribution in [1.82, 2.24) is 10.2 Å². The number of halogens is 1. The summed E-state index contributed by atoms with van der Waals surface area (Å²) in [7, 11) is 0. The van der Waals surface area contributed by atoms with Crippen LogP contribution in [0.15, 0.2) is 22.7 Å². The number of nitrogens with zero attached hydrogens (tertiary/aromatic N) is 1. The van der Waals surface area contributed by atoms with Crippen LogP contribution in [0, 0.1) is 0 Å². The van der Waals surface area contributed by atoms with E-state index in [1.165, 1.54) is 6.42 Å². The highest BCUT2D eigenvalue weighted by molar-refractivity contribution is 9.10. The molecule has 3 N–H and O–H groups in total. The number of nitrogens with two attached hydrogens (primary N) is 1. The normalized spacial score (nSPS) is 14.8. The van der Waals surface area contributed by atoms with Gasteiger partial charge in [0, 0.05) is 41.8 Å². The highest BCUT2D eigenvalue weighted by Crippen LogP contribution is 2.17. The Balaban J connectivity index is 1.79. The van der Waals surface area contributed by atoms with Gasteiger partial charge in [0.1, 0.15) is 0 Å². The highest BCUT2D eigenvalue weighted by Gasteiger charge is 2.16. The van der Waals surface area contributed by atoms with E-state index in [1.54, 1.807) is 18.2 Å². The van der Waals surface area contributed by atoms with Crippen molar-refractivity contribution in [2.75, 3.05) is 25.4 Å². The van der Waals surface area contributed by atoms with E-state index < -0.39 is 0 Å². The number of nitrogens with one attached hydrogen (secondary N) is 1. The van der Waals surface area contributed by atoms with Gasteiger partial charge in [0.25, 0.3) is 5.91 Å². The van der Waals surface area contributed by atoms with Crippen LogP contribution in [0.1, 0.15) is 36.0 Å². The van der Waals surface area contributed by atoms with E-state index in [4.69, 9.17) is 5.73 Å². The molecule has 1 saturated heterocycles. The van der Waals surface area contributed by atoms with Gasteiger partial charge >= 0.3 is 0 Å². The summed E-state index contributed by atoms with van der Waals surface area (Å²) in [6.07, 6.45) is 3.70. The van der Waals surface area contributed by atoms with E-state index in [2.05, 4.69) is 21.2 Å². The molecule has 0 radical (unpaired) electrons. The van der Waals surface area contributed by atoms with Crippen molar-refractivity contribution in [2.45, 2.75) is 25.7 Å². The topological polar surface area (TPSA) is 75.4 Å². The quantitative estimate of drug-likeness (QED) is 0.814. The Morgan fingerprint density at radius 3 is 2.57 bits per heavy atom. The fourth-order valence-corrected chi connectivity index (χ4v) is 2.94. The number of likely N-dealkylation sites (tertiary alicyclic amines) is 1. The molecule has 0 saturated carbocycles. The highest BCUT2D eigenvalue weighted by atomic mass is 79.9. The van der Waals surface area contributed by atoms with Crippen LogP contribution >= 0.6 is 15.9 Å². The number of nitrogen functional groups attached to an aromatic ring is 1. The second-order valence-corrected chi connectivity index (χ2v) is 6.14. The minimum absolute atomic E-state index is 0.115. The third kappa shape index (κ3) is 4.74. The Labute approximate surface area is 133 Å². The molecule has 6 heteroatoms. The Morgan fingerprint density at radius 1 is 1.19 bits per heavy atom. The lowest BCUT2D eigenvalue weighted by atomic mass is 10.1. The zero-order chi connectivity index (χ0) is 15.2. The van der Waals surface area contributed by atoms with E-state index in [0.29, 0.717) is 24.2 Å². The van der Waals surface area contributed by atoms with Gasteiger partial charge in [-0.1, -0.05) is 15.9 Å². The molecule has 5 nitrogen and oxygen atoms in total. The lowest BCUT2D eigenvalue weighted by molar-refractivity contribution is -0.131. The predicted octanol–water partition coefficient (Wildman–Crippen LogP) is 2.16. The van der Waals surface area contributed by atoms with E-state index in [-0.39, 0.29) is 11.8 Å². The maximum atomic E-state index is 12.0. The zero-order valence-corrected chi connectivity index (χ0v) is 13.5. The number of hydrogen-bond donors (Lipinski definition) is 2. The van der Waals surface area contributed by atoms with E-state index in [1.807, 2.05) is 4.90 Å². The molecular formula is C15H20BrN3O2. The van der Waals surface area contributed by atoms with Crippen LogP contribution in [0.25, 0.3) is 0 Å². The molecule has 0 unspecified atom stereocenters. The Kier molecular flexibility index (Phi) is 5.61. The van der Waals surface area contributed by atoms with Crippen LogP contribution in [-0.4, -0.2) is 36.3 Å². The maximum absolute atomic E-state index is 12.0. The second-order valence-electron chi connectivity index (χ2n) is 5.22. The standard InChI is InChI=1S/C15H20BrN3O2/c16-12-8-11(9-13(17)10-12)15(21)18-5-4-14(20)19-6-2-1-3-7-19/h8-10H,1-7,17H2,(H,18,21). The first-order valence-electron chi connectivity index (χ1n) is 7.18. The summed E-state index contributed by atoms with van der Waals surface area (Å²) in [5, 5.41) is 2.76. The maximum Gasteiger partial charge on any atom is 0.251 e. The van der Waals surface area contributed by atoms with Gasteiger partial charge in [-0.2, -0.15) is 0 Å². The van der Waals surface area contributed by atoms with Crippen molar-refractivity contribution in [3.8, 4) is 0 Å². The minimum Gasteiger partial charge on any atom is -0.399 e. The first-order chi connectivity index (χ1) is 10.1. The van der Waals surface area contributed by atoms with Crippen molar-refractivity contribution in [1.29, 1.82) is 0 Å². The van der Waals surface area contributed by atoms with E-state index in [0.717, 1.165) is 30.4 Å². The minimum atomic E-state index is -0.213. The molecule has 2 amide bonds. The van der Waals surface area contributed by atoms with Crippen LogP contribution in [0.2, 0.25) is 0 Å². The number of piperidine rings is 1. The molecule has 1 aliphatic heterocycles. The lowest BCUT2D eigenvalue weighted by Crippen LogP contribution is -2.37. The van der Waals surface area contributed by atoms with Crippen LogP contribution in [0.4, 0.5) is 5.69 Å². The van der Waals surface area contributed by atoms with Gasteiger partial charge in [-0.05, 0) is 37.5 Å². The van der Waals surface area contributed by atoms with Gasteiger partial charge in [-0.15, -0.1) is 0 Å². The smallest absolute Gasteiger partial charge is 0.251 e. The first-order valence-corrected chi connectivity index (χ1v) is 7.97. The molecule has 2 rings (SSSR count). The summed E-state index contributed by atoms with van der Waals surface area (Å²) >= 11 is 3.30.